The first-order chi connectivity index (χ1) is 9.74. The Balaban J connectivity index is 2.70. The Morgan fingerprint density at radius 1 is 1.52 bits per heavy atom. The van der Waals surface area contributed by atoms with E-state index in [4.69, 9.17) is 0 Å². The molecule has 0 aliphatic heterocycles. The summed E-state index contributed by atoms with van der Waals surface area (Å²) in [5.74, 6) is -0.0887. The van der Waals surface area contributed by atoms with Gasteiger partial charge in [-0.3, -0.25) is 4.79 Å². The van der Waals surface area contributed by atoms with Crippen molar-refractivity contribution in [3.05, 3.63) is 0 Å². The summed E-state index contributed by atoms with van der Waals surface area (Å²) < 4.78 is 32.9. The van der Waals surface area contributed by atoms with Crippen LogP contribution in [-0.2, 0) is 19.7 Å². The number of aliphatic hydroxyl groups is 1. The lowest BCUT2D eigenvalue weighted by atomic mass is 9.78. The second-order valence-electron chi connectivity index (χ2n) is 5.89. The highest BCUT2D eigenvalue weighted by molar-refractivity contribution is 7.87. The van der Waals surface area contributed by atoms with Crippen molar-refractivity contribution < 1.29 is 23.1 Å². The molecule has 0 aromatic rings. The molecular formula is C13H26N2O5S. The van der Waals surface area contributed by atoms with Gasteiger partial charge in [0.1, 0.15) is 0 Å². The van der Waals surface area contributed by atoms with Crippen LogP contribution in [0.25, 0.3) is 0 Å². The second kappa shape index (κ2) is 7.53. The molecule has 0 aromatic carbocycles. The molecule has 0 spiro atoms. The molecule has 8 heteroatoms. The van der Waals surface area contributed by atoms with Gasteiger partial charge < -0.3 is 9.84 Å². The zero-order valence-corrected chi connectivity index (χ0v) is 13.8. The maximum atomic E-state index is 12.3. The van der Waals surface area contributed by atoms with Crippen LogP contribution in [-0.4, -0.2) is 56.6 Å². The lowest BCUT2D eigenvalue weighted by Crippen LogP contribution is -2.57. The average Bonchev–Trinajstić information content (AvgIpc) is 2.43. The van der Waals surface area contributed by atoms with Crippen molar-refractivity contribution in [2.24, 2.45) is 5.92 Å². The van der Waals surface area contributed by atoms with Gasteiger partial charge in [0, 0.05) is 13.6 Å². The van der Waals surface area contributed by atoms with Crippen LogP contribution < -0.4 is 4.72 Å². The van der Waals surface area contributed by atoms with Crippen molar-refractivity contribution in [3.63, 3.8) is 0 Å². The number of aliphatic hydroxyl groups excluding tert-OH is 1. The van der Waals surface area contributed by atoms with Gasteiger partial charge in [0.05, 0.1) is 25.7 Å². The van der Waals surface area contributed by atoms with E-state index in [2.05, 4.69) is 16.4 Å². The van der Waals surface area contributed by atoms with E-state index in [0.717, 1.165) is 17.1 Å². The van der Waals surface area contributed by atoms with Gasteiger partial charge in [0.25, 0.3) is 10.2 Å². The van der Waals surface area contributed by atoms with Crippen molar-refractivity contribution >= 4 is 16.2 Å². The minimum absolute atomic E-state index is 0.00353. The fraction of sp³-hybridized carbons (Fsp3) is 0.923. The van der Waals surface area contributed by atoms with Gasteiger partial charge in [-0.1, -0.05) is 19.8 Å². The minimum Gasteiger partial charge on any atom is -0.469 e. The molecule has 21 heavy (non-hydrogen) atoms. The van der Waals surface area contributed by atoms with E-state index >= 15 is 0 Å². The molecular weight excluding hydrogens is 296 g/mol. The third-order valence-corrected chi connectivity index (χ3v) is 5.70. The molecule has 0 heterocycles. The largest absolute Gasteiger partial charge is 0.469 e. The highest BCUT2D eigenvalue weighted by atomic mass is 32.2. The fourth-order valence-electron chi connectivity index (χ4n) is 2.75. The Labute approximate surface area is 126 Å². The van der Waals surface area contributed by atoms with Gasteiger partial charge >= 0.3 is 5.97 Å². The quantitative estimate of drug-likeness (QED) is 0.655. The zero-order chi connectivity index (χ0) is 16.1. The number of carbonyl (C=O) groups excluding carboxylic acids is 1. The number of nitrogens with zero attached hydrogens (tertiary/aromatic N) is 1. The number of ether oxygens (including phenoxy) is 1. The normalized spacial score (nSPS) is 26.8. The standard InChI is InChI=1S/C13H26N2O5S/c1-11-5-4-7-13(9-11,10-16)14-21(18,19)15(2)8-6-12(17)20-3/h11,14,16H,4-10H2,1-3H3. The van der Waals surface area contributed by atoms with Crippen molar-refractivity contribution in [1.29, 1.82) is 0 Å². The van der Waals surface area contributed by atoms with Crippen LogP contribution in [0.1, 0.15) is 39.0 Å². The van der Waals surface area contributed by atoms with E-state index in [9.17, 15) is 18.3 Å². The van der Waals surface area contributed by atoms with Crippen LogP contribution in [0.15, 0.2) is 0 Å². The van der Waals surface area contributed by atoms with E-state index in [1.165, 1.54) is 14.2 Å². The molecule has 1 fully saturated rings. The van der Waals surface area contributed by atoms with Crippen LogP contribution in [0, 0.1) is 5.92 Å². The summed E-state index contributed by atoms with van der Waals surface area (Å²) in [6.07, 6.45) is 3.17. The maximum absolute atomic E-state index is 12.3. The Morgan fingerprint density at radius 2 is 2.19 bits per heavy atom. The Hall–Kier alpha value is -0.700. The second-order valence-corrected chi connectivity index (χ2v) is 7.67. The van der Waals surface area contributed by atoms with Gasteiger partial charge in [-0.25, -0.2) is 0 Å². The lowest BCUT2D eigenvalue weighted by Gasteiger charge is -2.39. The molecule has 7 nitrogen and oxygen atoms in total. The molecule has 0 aromatic heterocycles. The zero-order valence-electron chi connectivity index (χ0n) is 13.0. The number of rotatable bonds is 7. The lowest BCUT2D eigenvalue weighted by molar-refractivity contribution is -0.140. The van der Waals surface area contributed by atoms with Gasteiger partial charge in [-0.15, -0.1) is 0 Å². The summed E-state index contributed by atoms with van der Waals surface area (Å²) in [6.45, 7) is 1.87. The van der Waals surface area contributed by atoms with Crippen molar-refractivity contribution in [2.45, 2.75) is 44.6 Å². The predicted molar refractivity (Wildman–Crippen MR) is 78.8 cm³/mol. The van der Waals surface area contributed by atoms with E-state index in [1.54, 1.807) is 0 Å². The summed E-state index contributed by atoms with van der Waals surface area (Å²) in [7, 11) is -1.07. The number of esters is 1. The molecule has 2 N–H and O–H groups in total. The number of hydrogen-bond donors (Lipinski definition) is 2. The van der Waals surface area contributed by atoms with Gasteiger partial charge in [0.2, 0.25) is 0 Å². The number of hydrogen-bond acceptors (Lipinski definition) is 5. The van der Waals surface area contributed by atoms with E-state index in [0.29, 0.717) is 18.8 Å². The Morgan fingerprint density at radius 3 is 2.71 bits per heavy atom. The highest BCUT2D eigenvalue weighted by Gasteiger charge is 2.39. The smallest absolute Gasteiger partial charge is 0.306 e. The molecule has 0 amide bonds. The van der Waals surface area contributed by atoms with Crippen LogP contribution in [0.2, 0.25) is 0 Å². The molecule has 0 saturated heterocycles. The summed E-state index contributed by atoms with van der Waals surface area (Å²) in [5, 5.41) is 9.64. The van der Waals surface area contributed by atoms with Crippen LogP contribution >= 0.6 is 0 Å². The van der Waals surface area contributed by atoms with Crippen molar-refractivity contribution in [1.82, 2.24) is 9.03 Å². The topological polar surface area (TPSA) is 95.9 Å². The third kappa shape index (κ3) is 5.21. The summed E-state index contributed by atoms with van der Waals surface area (Å²) >= 11 is 0. The van der Waals surface area contributed by atoms with Gasteiger partial charge in [0.15, 0.2) is 0 Å². The highest BCUT2D eigenvalue weighted by Crippen LogP contribution is 2.32. The molecule has 1 saturated carbocycles. The number of carbonyl (C=O) groups is 1. The fourth-order valence-corrected chi connectivity index (χ4v) is 4.04. The third-order valence-electron chi connectivity index (χ3n) is 4.01. The molecule has 2 unspecified atom stereocenters. The van der Waals surface area contributed by atoms with Gasteiger partial charge in [-0.2, -0.15) is 17.4 Å². The maximum Gasteiger partial charge on any atom is 0.306 e. The van der Waals surface area contributed by atoms with E-state index in [1.807, 2.05) is 0 Å². The van der Waals surface area contributed by atoms with Crippen LogP contribution in [0.4, 0.5) is 0 Å². The SMILES string of the molecule is COC(=O)CCN(C)S(=O)(=O)NC1(CO)CCCC(C)C1. The monoisotopic (exact) mass is 322 g/mol. The van der Waals surface area contributed by atoms with E-state index in [-0.39, 0.29) is 19.6 Å². The number of methoxy groups -OCH3 is 1. The van der Waals surface area contributed by atoms with Crippen LogP contribution in [0.3, 0.4) is 0 Å². The Bertz CT molecular complexity index is 453. The first kappa shape index (κ1) is 18.3. The number of nitrogens with one attached hydrogen (secondary N) is 1. The first-order valence-corrected chi connectivity index (χ1v) is 8.61. The van der Waals surface area contributed by atoms with Crippen molar-refractivity contribution in [3.8, 4) is 0 Å². The molecule has 124 valence electrons. The molecule has 1 aliphatic rings. The Kier molecular flexibility index (Phi) is 6.58. The summed E-state index contributed by atoms with van der Waals surface area (Å²) in [4.78, 5) is 11.1. The van der Waals surface area contributed by atoms with Crippen LogP contribution in [0.5, 0.6) is 0 Å². The van der Waals surface area contributed by atoms with Gasteiger partial charge in [-0.05, 0) is 18.8 Å². The molecule has 1 rings (SSSR count). The summed E-state index contributed by atoms with van der Waals surface area (Å²) in [5.41, 5.74) is -0.796. The first-order valence-electron chi connectivity index (χ1n) is 7.17. The molecule has 2 atom stereocenters. The van der Waals surface area contributed by atoms with Crippen molar-refractivity contribution in [2.75, 3.05) is 27.3 Å². The van der Waals surface area contributed by atoms with E-state index < -0.39 is 21.7 Å². The molecule has 0 bridgehead atoms. The minimum atomic E-state index is -3.74. The summed E-state index contributed by atoms with van der Waals surface area (Å²) in [6, 6.07) is 0. The predicted octanol–water partition coefficient (Wildman–Crippen LogP) is 0.257. The molecule has 0 radical (unpaired) electrons. The molecule has 1 aliphatic carbocycles. The average molecular weight is 322 g/mol.